The molecule has 0 amide bonds. The fourth-order valence-corrected chi connectivity index (χ4v) is 4.28. The van der Waals surface area contributed by atoms with E-state index in [2.05, 4.69) is 24.0 Å². The summed E-state index contributed by atoms with van der Waals surface area (Å²) in [5, 5.41) is 30.4. The van der Waals surface area contributed by atoms with Crippen molar-refractivity contribution >= 4 is 28.3 Å². The number of hydrogen-bond donors (Lipinski definition) is 2. The van der Waals surface area contributed by atoms with Crippen LogP contribution in [0.2, 0.25) is 0 Å². The van der Waals surface area contributed by atoms with Gasteiger partial charge in [0.2, 0.25) is 0 Å². The summed E-state index contributed by atoms with van der Waals surface area (Å²) >= 11 is 0. The molecule has 0 aliphatic carbocycles. The SMILES string of the molecule is CCC1CCCCN1c1c(/C=C(\C#N)C(=O)CCC(O)CO)ccc2ccccc12. The molecule has 2 atom stereocenters. The number of allylic oxidation sites excluding steroid dienone is 1. The lowest BCUT2D eigenvalue weighted by Crippen LogP contribution is -2.39. The third-order valence-electron chi connectivity index (χ3n) is 5.95. The Labute approximate surface area is 178 Å². The van der Waals surface area contributed by atoms with Gasteiger partial charge in [-0.15, -0.1) is 0 Å². The highest BCUT2D eigenvalue weighted by atomic mass is 16.3. The number of fused-ring (bicyclic) bond motifs is 1. The number of aliphatic hydroxyl groups excluding tert-OH is 2. The number of ketones is 1. The minimum Gasteiger partial charge on any atom is -0.394 e. The van der Waals surface area contributed by atoms with Gasteiger partial charge in [-0.3, -0.25) is 4.79 Å². The molecular weight excluding hydrogens is 376 g/mol. The first-order valence-corrected chi connectivity index (χ1v) is 10.8. The number of rotatable bonds is 8. The van der Waals surface area contributed by atoms with E-state index in [1.54, 1.807) is 6.08 Å². The van der Waals surface area contributed by atoms with Crippen molar-refractivity contribution < 1.29 is 15.0 Å². The predicted molar refractivity (Wildman–Crippen MR) is 120 cm³/mol. The van der Waals surface area contributed by atoms with Crippen molar-refractivity contribution in [2.75, 3.05) is 18.1 Å². The Bertz CT molecular complexity index is 961. The van der Waals surface area contributed by atoms with Gasteiger partial charge < -0.3 is 15.1 Å². The number of hydrogen-bond acceptors (Lipinski definition) is 5. The minimum atomic E-state index is -0.941. The summed E-state index contributed by atoms with van der Waals surface area (Å²) < 4.78 is 0. The second-order valence-electron chi connectivity index (χ2n) is 7.94. The van der Waals surface area contributed by atoms with Gasteiger partial charge in [-0.1, -0.05) is 43.3 Å². The Kier molecular flexibility index (Phi) is 7.62. The van der Waals surface area contributed by atoms with Crippen molar-refractivity contribution in [3.8, 4) is 6.07 Å². The Morgan fingerprint density at radius 1 is 1.30 bits per heavy atom. The third-order valence-corrected chi connectivity index (χ3v) is 5.95. The average Bonchev–Trinajstić information content (AvgIpc) is 2.80. The molecule has 158 valence electrons. The largest absolute Gasteiger partial charge is 0.394 e. The van der Waals surface area contributed by atoms with Gasteiger partial charge in [0.15, 0.2) is 5.78 Å². The zero-order chi connectivity index (χ0) is 21.5. The van der Waals surface area contributed by atoms with Crippen LogP contribution in [-0.2, 0) is 4.79 Å². The smallest absolute Gasteiger partial charge is 0.173 e. The van der Waals surface area contributed by atoms with Gasteiger partial charge in [-0.25, -0.2) is 0 Å². The Morgan fingerprint density at radius 2 is 2.10 bits per heavy atom. The number of anilines is 1. The molecule has 0 aromatic heterocycles. The molecule has 1 aliphatic rings. The molecule has 1 aliphatic heterocycles. The van der Waals surface area contributed by atoms with E-state index in [4.69, 9.17) is 5.11 Å². The molecule has 2 unspecified atom stereocenters. The van der Waals surface area contributed by atoms with Gasteiger partial charge in [0.05, 0.1) is 24.0 Å². The lowest BCUT2D eigenvalue weighted by Gasteiger charge is -2.39. The molecule has 0 spiro atoms. The molecule has 30 heavy (non-hydrogen) atoms. The molecule has 3 rings (SSSR count). The lowest BCUT2D eigenvalue weighted by atomic mass is 9.94. The van der Waals surface area contributed by atoms with E-state index in [-0.39, 0.29) is 30.8 Å². The molecule has 0 radical (unpaired) electrons. The maximum Gasteiger partial charge on any atom is 0.173 e. The molecular formula is C25H30N2O3. The van der Waals surface area contributed by atoms with E-state index in [0.717, 1.165) is 47.8 Å². The van der Waals surface area contributed by atoms with Crippen LogP contribution in [0.3, 0.4) is 0 Å². The quantitative estimate of drug-likeness (QED) is 0.506. The van der Waals surface area contributed by atoms with Crippen LogP contribution in [0.15, 0.2) is 42.0 Å². The number of nitriles is 1. The van der Waals surface area contributed by atoms with Gasteiger partial charge in [0.25, 0.3) is 0 Å². The number of Topliss-reactive ketones (excluding diaryl/α,β-unsaturated/α-hetero) is 1. The second-order valence-corrected chi connectivity index (χ2v) is 7.94. The van der Waals surface area contributed by atoms with Gasteiger partial charge in [-0.2, -0.15) is 5.26 Å². The maximum atomic E-state index is 12.6. The average molecular weight is 407 g/mol. The summed E-state index contributed by atoms with van der Waals surface area (Å²) in [7, 11) is 0. The van der Waals surface area contributed by atoms with Gasteiger partial charge in [0.1, 0.15) is 6.07 Å². The van der Waals surface area contributed by atoms with Crippen molar-refractivity contribution in [2.24, 2.45) is 0 Å². The van der Waals surface area contributed by atoms with Crippen LogP contribution < -0.4 is 4.90 Å². The Morgan fingerprint density at radius 3 is 2.83 bits per heavy atom. The molecule has 1 heterocycles. The molecule has 2 N–H and O–H groups in total. The molecule has 0 bridgehead atoms. The van der Waals surface area contributed by atoms with Gasteiger partial charge in [-0.05, 0) is 49.1 Å². The molecule has 2 aromatic rings. The first-order valence-electron chi connectivity index (χ1n) is 10.8. The van der Waals surface area contributed by atoms with Crippen LogP contribution in [0.5, 0.6) is 0 Å². The van der Waals surface area contributed by atoms with Crippen molar-refractivity contribution in [1.29, 1.82) is 5.26 Å². The van der Waals surface area contributed by atoms with E-state index >= 15 is 0 Å². The maximum absolute atomic E-state index is 12.6. The molecule has 1 fully saturated rings. The fraction of sp³-hybridized carbons (Fsp3) is 0.440. The summed E-state index contributed by atoms with van der Waals surface area (Å²) in [6.45, 7) is 2.79. The van der Waals surface area contributed by atoms with E-state index in [1.165, 1.54) is 6.42 Å². The zero-order valence-electron chi connectivity index (χ0n) is 17.6. The first-order chi connectivity index (χ1) is 14.6. The van der Waals surface area contributed by atoms with Crippen LogP contribution in [0, 0.1) is 11.3 Å². The summed E-state index contributed by atoms with van der Waals surface area (Å²) in [5.74, 6) is -0.310. The number of nitrogens with zero attached hydrogens (tertiary/aromatic N) is 2. The first kappa shape index (κ1) is 22.0. The summed E-state index contributed by atoms with van der Waals surface area (Å²) in [5.41, 5.74) is 2.05. The fourth-order valence-electron chi connectivity index (χ4n) is 4.28. The van der Waals surface area contributed by atoms with Gasteiger partial charge >= 0.3 is 0 Å². The molecule has 5 heteroatoms. The number of piperidine rings is 1. The summed E-state index contributed by atoms with van der Waals surface area (Å²) in [4.78, 5) is 15.0. The van der Waals surface area contributed by atoms with E-state index in [1.807, 2.05) is 30.3 Å². The molecule has 0 saturated carbocycles. The number of aliphatic hydroxyl groups is 2. The second kappa shape index (κ2) is 10.4. The van der Waals surface area contributed by atoms with Crippen molar-refractivity contribution in [3.05, 3.63) is 47.5 Å². The standard InChI is InChI=1S/C25H30N2O3/c1-2-21-8-5-6-14-27(21)25-19(11-10-18-7-3-4-9-23(18)25)15-20(16-26)24(30)13-12-22(29)17-28/h3-4,7,9-11,15,21-22,28-29H,2,5-6,8,12-14,17H2,1H3/b20-15+. The van der Waals surface area contributed by atoms with Crippen molar-refractivity contribution in [3.63, 3.8) is 0 Å². The van der Waals surface area contributed by atoms with Crippen LogP contribution in [-0.4, -0.2) is 41.3 Å². The van der Waals surface area contributed by atoms with E-state index < -0.39 is 6.10 Å². The Hall–Kier alpha value is -2.68. The highest BCUT2D eigenvalue weighted by Gasteiger charge is 2.25. The molecule has 2 aromatic carbocycles. The van der Waals surface area contributed by atoms with E-state index in [0.29, 0.717) is 6.04 Å². The Balaban J connectivity index is 2.05. The number of benzene rings is 2. The topological polar surface area (TPSA) is 84.6 Å². The highest BCUT2D eigenvalue weighted by molar-refractivity contribution is 6.06. The summed E-state index contributed by atoms with van der Waals surface area (Å²) in [6.07, 6.45) is 5.47. The normalized spacial score (nSPS) is 18.3. The van der Waals surface area contributed by atoms with Crippen LogP contribution in [0.25, 0.3) is 16.8 Å². The third kappa shape index (κ3) is 4.89. The number of carbonyl (C=O) groups is 1. The van der Waals surface area contributed by atoms with E-state index in [9.17, 15) is 15.2 Å². The summed E-state index contributed by atoms with van der Waals surface area (Å²) in [6, 6.07) is 14.7. The highest BCUT2D eigenvalue weighted by Crippen LogP contribution is 2.37. The van der Waals surface area contributed by atoms with Crippen LogP contribution in [0.1, 0.15) is 51.0 Å². The van der Waals surface area contributed by atoms with Crippen molar-refractivity contribution in [1.82, 2.24) is 0 Å². The molecule has 5 nitrogen and oxygen atoms in total. The monoisotopic (exact) mass is 406 g/mol. The van der Waals surface area contributed by atoms with Crippen LogP contribution in [0.4, 0.5) is 5.69 Å². The molecule has 1 saturated heterocycles. The van der Waals surface area contributed by atoms with Crippen LogP contribution >= 0.6 is 0 Å². The van der Waals surface area contributed by atoms with Crippen molar-refractivity contribution in [2.45, 2.75) is 57.6 Å². The minimum absolute atomic E-state index is 0.0331. The lowest BCUT2D eigenvalue weighted by molar-refractivity contribution is -0.115. The number of carbonyl (C=O) groups excluding carboxylic acids is 1. The van der Waals surface area contributed by atoms with Gasteiger partial charge in [0, 0.05) is 24.4 Å². The predicted octanol–water partition coefficient (Wildman–Crippen LogP) is 4.22. The zero-order valence-corrected chi connectivity index (χ0v) is 17.6.